The Labute approximate surface area is 170 Å². The number of nitrogens with one attached hydrogen (secondary N) is 2. The van der Waals surface area contributed by atoms with Crippen molar-refractivity contribution in [1.82, 2.24) is 15.3 Å². The SMILES string of the molecule is COc1ccccc1CCNC(=O)c1cnc(Nc2ccc(N(C)C)cc2)cn1. The molecule has 0 aliphatic rings. The lowest BCUT2D eigenvalue weighted by molar-refractivity contribution is 0.0948. The van der Waals surface area contributed by atoms with Crippen LogP contribution in [0.3, 0.4) is 0 Å². The van der Waals surface area contributed by atoms with Crippen LogP contribution in [0.4, 0.5) is 17.2 Å². The quantitative estimate of drug-likeness (QED) is 0.614. The number of hydrogen-bond acceptors (Lipinski definition) is 6. The van der Waals surface area contributed by atoms with E-state index >= 15 is 0 Å². The number of nitrogens with zero attached hydrogens (tertiary/aromatic N) is 3. The van der Waals surface area contributed by atoms with E-state index in [0.29, 0.717) is 18.8 Å². The van der Waals surface area contributed by atoms with Crippen molar-refractivity contribution in [1.29, 1.82) is 0 Å². The molecule has 0 bridgehead atoms. The molecule has 150 valence electrons. The van der Waals surface area contributed by atoms with Gasteiger partial charge in [-0.25, -0.2) is 9.97 Å². The van der Waals surface area contributed by atoms with Gasteiger partial charge in [0.2, 0.25) is 0 Å². The molecule has 0 saturated carbocycles. The van der Waals surface area contributed by atoms with Crippen molar-refractivity contribution in [3.05, 3.63) is 72.2 Å². The Bertz CT molecular complexity index is 940. The summed E-state index contributed by atoms with van der Waals surface area (Å²) >= 11 is 0. The lowest BCUT2D eigenvalue weighted by Gasteiger charge is -2.13. The summed E-state index contributed by atoms with van der Waals surface area (Å²) in [6.45, 7) is 0.485. The Kier molecular flexibility index (Phi) is 6.63. The molecule has 0 unspecified atom stereocenters. The van der Waals surface area contributed by atoms with Gasteiger partial charge >= 0.3 is 0 Å². The van der Waals surface area contributed by atoms with E-state index in [1.54, 1.807) is 13.3 Å². The molecule has 1 aromatic heterocycles. The van der Waals surface area contributed by atoms with Crippen molar-refractivity contribution in [2.24, 2.45) is 0 Å². The van der Waals surface area contributed by atoms with Gasteiger partial charge in [-0.1, -0.05) is 18.2 Å². The van der Waals surface area contributed by atoms with Crippen LogP contribution in [0, 0.1) is 0 Å². The van der Waals surface area contributed by atoms with Gasteiger partial charge in [-0.15, -0.1) is 0 Å². The summed E-state index contributed by atoms with van der Waals surface area (Å²) in [5.74, 6) is 1.14. The number of rotatable bonds is 8. The highest BCUT2D eigenvalue weighted by atomic mass is 16.5. The zero-order valence-corrected chi connectivity index (χ0v) is 16.8. The van der Waals surface area contributed by atoms with Crippen molar-refractivity contribution in [2.75, 3.05) is 38.0 Å². The molecule has 7 nitrogen and oxygen atoms in total. The van der Waals surface area contributed by atoms with Gasteiger partial charge in [0.05, 0.1) is 19.5 Å². The van der Waals surface area contributed by atoms with Gasteiger partial charge in [-0.2, -0.15) is 0 Å². The van der Waals surface area contributed by atoms with Crippen LogP contribution in [0.15, 0.2) is 60.9 Å². The van der Waals surface area contributed by atoms with Crippen LogP contribution in [0.1, 0.15) is 16.1 Å². The fourth-order valence-electron chi connectivity index (χ4n) is 2.81. The minimum Gasteiger partial charge on any atom is -0.496 e. The second kappa shape index (κ2) is 9.54. The third-order valence-electron chi connectivity index (χ3n) is 4.41. The molecule has 3 aromatic rings. The number of benzene rings is 2. The number of carbonyl (C=O) groups excluding carboxylic acids is 1. The van der Waals surface area contributed by atoms with E-state index in [1.165, 1.54) is 6.20 Å². The van der Waals surface area contributed by atoms with E-state index in [9.17, 15) is 4.79 Å². The summed E-state index contributed by atoms with van der Waals surface area (Å²) in [6.07, 6.45) is 3.69. The molecular weight excluding hydrogens is 366 g/mol. The van der Waals surface area contributed by atoms with Crippen molar-refractivity contribution in [3.8, 4) is 5.75 Å². The molecule has 2 aromatic carbocycles. The lowest BCUT2D eigenvalue weighted by Crippen LogP contribution is -2.26. The minimum absolute atomic E-state index is 0.255. The average molecular weight is 391 g/mol. The van der Waals surface area contributed by atoms with Crippen LogP contribution >= 0.6 is 0 Å². The lowest BCUT2D eigenvalue weighted by atomic mass is 10.1. The zero-order chi connectivity index (χ0) is 20.6. The number of anilines is 3. The minimum atomic E-state index is -0.255. The second-order valence-corrected chi connectivity index (χ2v) is 6.67. The average Bonchev–Trinajstić information content (AvgIpc) is 2.75. The molecule has 0 aliphatic carbocycles. The monoisotopic (exact) mass is 391 g/mol. The Morgan fingerprint density at radius 2 is 1.79 bits per heavy atom. The smallest absolute Gasteiger partial charge is 0.271 e. The highest BCUT2D eigenvalue weighted by Gasteiger charge is 2.09. The second-order valence-electron chi connectivity index (χ2n) is 6.67. The predicted molar refractivity (Wildman–Crippen MR) is 115 cm³/mol. The largest absolute Gasteiger partial charge is 0.496 e. The molecule has 0 saturated heterocycles. The number of para-hydroxylation sites is 1. The van der Waals surface area contributed by atoms with Crippen LogP contribution in [-0.4, -0.2) is 43.6 Å². The van der Waals surface area contributed by atoms with Gasteiger partial charge in [0.15, 0.2) is 0 Å². The van der Waals surface area contributed by atoms with Gasteiger partial charge in [0.25, 0.3) is 5.91 Å². The normalized spacial score (nSPS) is 10.3. The Morgan fingerprint density at radius 1 is 1.03 bits per heavy atom. The predicted octanol–water partition coefficient (Wildman–Crippen LogP) is 3.27. The number of carbonyl (C=O) groups is 1. The van der Waals surface area contributed by atoms with Crippen molar-refractivity contribution >= 4 is 23.1 Å². The summed E-state index contributed by atoms with van der Waals surface area (Å²) < 4.78 is 5.32. The van der Waals surface area contributed by atoms with E-state index < -0.39 is 0 Å². The summed E-state index contributed by atoms with van der Waals surface area (Å²) in [4.78, 5) is 22.8. The van der Waals surface area contributed by atoms with Crippen molar-refractivity contribution in [3.63, 3.8) is 0 Å². The Hall–Kier alpha value is -3.61. The molecule has 0 aliphatic heterocycles. The first kappa shape index (κ1) is 20.1. The molecule has 2 N–H and O–H groups in total. The highest BCUT2D eigenvalue weighted by molar-refractivity contribution is 5.92. The van der Waals surface area contributed by atoms with E-state index in [-0.39, 0.29) is 11.6 Å². The van der Waals surface area contributed by atoms with Gasteiger partial charge in [0, 0.05) is 32.0 Å². The van der Waals surface area contributed by atoms with E-state index in [0.717, 1.165) is 22.7 Å². The molecule has 0 fully saturated rings. The number of hydrogen-bond donors (Lipinski definition) is 2. The van der Waals surface area contributed by atoms with Gasteiger partial charge < -0.3 is 20.3 Å². The Balaban J connectivity index is 1.53. The standard InChI is InChI=1S/C22H25N5O2/c1-27(2)18-10-8-17(9-11-18)26-21-15-24-19(14-25-21)22(28)23-13-12-16-6-4-5-7-20(16)29-3/h4-11,14-15H,12-13H2,1-3H3,(H,23,28)(H,25,26). The molecular formula is C22H25N5O2. The number of methoxy groups -OCH3 is 1. The highest BCUT2D eigenvalue weighted by Crippen LogP contribution is 2.19. The van der Waals surface area contributed by atoms with E-state index in [4.69, 9.17) is 4.74 Å². The molecule has 7 heteroatoms. The van der Waals surface area contributed by atoms with E-state index in [1.807, 2.05) is 67.5 Å². The fourth-order valence-corrected chi connectivity index (χ4v) is 2.81. The molecule has 1 heterocycles. The fraction of sp³-hybridized carbons (Fsp3) is 0.227. The molecule has 3 rings (SSSR count). The van der Waals surface area contributed by atoms with Crippen molar-refractivity contribution < 1.29 is 9.53 Å². The van der Waals surface area contributed by atoms with Crippen LogP contribution in [-0.2, 0) is 6.42 Å². The topological polar surface area (TPSA) is 79.4 Å². The molecule has 29 heavy (non-hydrogen) atoms. The van der Waals surface area contributed by atoms with Gasteiger partial charge in [-0.3, -0.25) is 4.79 Å². The number of aromatic nitrogens is 2. The van der Waals surface area contributed by atoms with Gasteiger partial charge in [-0.05, 0) is 42.3 Å². The summed E-state index contributed by atoms with van der Waals surface area (Å²) in [6, 6.07) is 15.7. The zero-order valence-electron chi connectivity index (χ0n) is 16.8. The maximum atomic E-state index is 12.3. The molecule has 0 spiro atoms. The van der Waals surface area contributed by atoms with Gasteiger partial charge in [0.1, 0.15) is 17.3 Å². The van der Waals surface area contributed by atoms with Crippen LogP contribution < -0.4 is 20.3 Å². The third-order valence-corrected chi connectivity index (χ3v) is 4.41. The summed E-state index contributed by atoms with van der Waals surface area (Å²) in [5.41, 5.74) is 3.33. The Morgan fingerprint density at radius 3 is 2.45 bits per heavy atom. The number of amides is 1. The summed E-state index contributed by atoms with van der Waals surface area (Å²) in [7, 11) is 5.63. The summed E-state index contributed by atoms with van der Waals surface area (Å²) in [5, 5.41) is 6.04. The van der Waals surface area contributed by atoms with Crippen LogP contribution in [0.2, 0.25) is 0 Å². The molecule has 1 amide bonds. The van der Waals surface area contributed by atoms with E-state index in [2.05, 4.69) is 20.6 Å². The van der Waals surface area contributed by atoms with Crippen molar-refractivity contribution in [2.45, 2.75) is 6.42 Å². The maximum absolute atomic E-state index is 12.3. The maximum Gasteiger partial charge on any atom is 0.271 e. The molecule has 0 radical (unpaired) electrons. The first-order valence-corrected chi connectivity index (χ1v) is 9.33. The number of ether oxygens (including phenoxy) is 1. The van der Waals surface area contributed by atoms with Crippen LogP contribution in [0.5, 0.6) is 5.75 Å². The first-order chi connectivity index (χ1) is 14.1. The van der Waals surface area contributed by atoms with Crippen LogP contribution in [0.25, 0.3) is 0 Å². The third kappa shape index (κ3) is 5.44. The molecule has 0 atom stereocenters. The first-order valence-electron chi connectivity index (χ1n) is 9.33.